The van der Waals surface area contributed by atoms with Gasteiger partial charge in [-0.25, -0.2) is 17.5 Å². The highest BCUT2D eigenvalue weighted by Crippen LogP contribution is 2.39. The number of hydrogen-bond donors (Lipinski definition) is 1. The molecule has 2 aromatic carbocycles. The van der Waals surface area contributed by atoms with E-state index in [1.807, 2.05) is 0 Å². The second-order valence-corrected chi connectivity index (χ2v) is 9.93. The predicted molar refractivity (Wildman–Crippen MR) is 114 cm³/mol. The molecule has 1 saturated heterocycles. The SMILES string of the molecule is COc1ccc(CN2C(=O)[C@H]3CCCC[C@@H]3C2=O)cc1S(=O)(=O)NCc1ccc(F)cc1. The number of rotatable bonds is 7. The minimum absolute atomic E-state index is 0.0230. The zero-order valence-electron chi connectivity index (χ0n) is 17.7. The van der Waals surface area contributed by atoms with Gasteiger partial charge in [-0.05, 0) is 48.2 Å². The fourth-order valence-corrected chi connectivity index (χ4v) is 5.69. The number of carbonyl (C=O) groups is 2. The van der Waals surface area contributed by atoms with E-state index in [-0.39, 0.29) is 47.4 Å². The second-order valence-electron chi connectivity index (χ2n) is 8.20. The van der Waals surface area contributed by atoms with Crippen molar-refractivity contribution in [1.29, 1.82) is 0 Å². The molecule has 32 heavy (non-hydrogen) atoms. The molecule has 1 heterocycles. The average molecular weight is 461 g/mol. The Hall–Kier alpha value is -2.78. The van der Waals surface area contributed by atoms with Crippen molar-refractivity contribution < 1.29 is 27.1 Å². The minimum atomic E-state index is -3.97. The number of halogens is 1. The van der Waals surface area contributed by atoms with Gasteiger partial charge in [0.2, 0.25) is 21.8 Å². The summed E-state index contributed by atoms with van der Waals surface area (Å²) in [5, 5.41) is 0. The van der Waals surface area contributed by atoms with E-state index in [0.717, 1.165) is 25.7 Å². The minimum Gasteiger partial charge on any atom is -0.495 e. The van der Waals surface area contributed by atoms with Crippen molar-refractivity contribution >= 4 is 21.8 Å². The lowest BCUT2D eigenvalue weighted by atomic mass is 9.81. The Bertz CT molecular complexity index is 1110. The van der Waals surface area contributed by atoms with Gasteiger partial charge in [0.15, 0.2) is 0 Å². The maximum absolute atomic E-state index is 13.1. The van der Waals surface area contributed by atoms with Crippen LogP contribution in [0.15, 0.2) is 47.4 Å². The van der Waals surface area contributed by atoms with E-state index in [9.17, 15) is 22.4 Å². The predicted octanol–water partition coefficient (Wildman–Crippen LogP) is 2.99. The Kier molecular flexibility index (Phi) is 6.30. The number of methoxy groups -OCH3 is 1. The van der Waals surface area contributed by atoms with Gasteiger partial charge in [-0.3, -0.25) is 14.5 Å². The molecule has 0 bridgehead atoms. The molecule has 1 N–H and O–H groups in total. The van der Waals surface area contributed by atoms with Gasteiger partial charge < -0.3 is 4.74 Å². The van der Waals surface area contributed by atoms with E-state index < -0.39 is 15.8 Å². The van der Waals surface area contributed by atoms with Crippen LogP contribution in [-0.4, -0.2) is 32.2 Å². The summed E-state index contributed by atoms with van der Waals surface area (Å²) >= 11 is 0. The summed E-state index contributed by atoms with van der Waals surface area (Å²) in [7, 11) is -2.61. The molecule has 0 spiro atoms. The van der Waals surface area contributed by atoms with Crippen LogP contribution in [0.2, 0.25) is 0 Å². The van der Waals surface area contributed by atoms with E-state index >= 15 is 0 Å². The molecule has 9 heteroatoms. The third-order valence-corrected chi connectivity index (χ3v) is 7.59. The van der Waals surface area contributed by atoms with Crippen LogP contribution in [0.1, 0.15) is 36.8 Å². The maximum atomic E-state index is 13.1. The number of sulfonamides is 1. The van der Waals surface area contributed by atoms with Crippen molar-refractivity contribution in [2.45, 2.75) is 43.7 Å². The number of amides is 2. The number of carbonyl (C=O) groups excluding carboxylic acids is 2. The molecule has 0 aromatic heterocycles. The van der Waals surface area contributed by atoms with E-state index in [2.05, 4.69) is 4.72 Å². The number of fused-ring (bicyclic) bond motifs is 1. The van der Waals surface area contributed by atoms with Crippen LogP contribution in [0.5, 0.6) is 5.75 Å². The molecule has 1 aliphatic heterocycles. The Balaban J connectivity index is 1.55. The molecule has 7 nitrogen and oxygen atoms in total. The number of nitrogens with one attached hydrogen (secondary N) is 1. The number of benzene rings is 2. The molecule has 2 aliphatic rings. The van der Waals surface area contributed by atoms with Crippen LogP contribution in [0.3, 0.4) is 0 Å². The summed E-state index contributed by atoms with van der Waals surface area (Å²) in [6.45, 7) is -0.00239. The fourth-order valence-electron chi connectivity index (χ4n) is 4.46. The van der Waals surface area contributed by atoms with Crippen molar-refractivity contribution in [3.8, 4) is 5.75 Å². The van der Waals surface area contributed by atoms with Gasteiger partial charge in [0, 0.05) is 6.54 Å². The van der Waals surface area contributed by atoms with Crippen LogP contribution in [0.25, 0.3) is 0 Å². The highest BCUT2D eigenvalue weighted by atomic mass is 32.2. The summed E-state index contributed by atoms with van der Waals surface area (Å²) < 4.78 is 46.7. The standard InChI is InChI=1S/C23H25FN2O5S/c1-31-20-11-8-16(14-26-22(27)18-4-2-3-5-19(18)23(26)28)12-21(20)32(29,30)25-13-15-6-9-17(24)10-7-15/h6-12,18-19,25H,2-5,13-14H2,1H3/t18-,19-/m0/s1. The number of hydrogen-bond acceptors (Lipinski definition) is 5. The van der Waals surface area contributed by atoms with Crippen molar-refractivity contribution in [2.75, 3.05) is 7.11 Å². The Morgan fingerprint density at radius 3 is 2.19 bits per heavy atom. The lowest BCUT2D eigenvalue weighted by Gasteiger charge is -2.19. The molecule has 2 aromatic rings. The largest absolute Gasteiger partial charge is 0.495 e. The third-order valence-electron chi connectivity index (χ3n) is 6.17. The lowest BCUT2D eigenvalue weighted by Crippen LogP contribution is -2.30. The number of likely N-dealkylation sites (tertiary alicyclic amines) is 1. The summed E-state index contributed by atoms with van der Waals surface area (Å²) in [6.07, 6.45) is 3.33. The topological polar surface area (TPSA) is 92.8 Å². The normalized spacial score (nSPS) is 21.0. The molecule has 1 aliphatic carbocycles. The van der Waals surface area contributed by atoms with E-state index in [1.165, 1.54) is 48.4 Å². The molecular formula is C23H25FN2O5S. The summed E-state index contributed by atoms with van der Waals surface area (Å²) in [5.41, 5.74) is 1.12. The van der Waals surface area contributed by atoms with Crippen LogP contribution in [-0.2, 0) is 32.7 Å². The molecule has 4 rings (SSSR count). The first kappa shape index (κ1) is 22.4. The zero-order valence-corrected chi connectivity index (χ0v) is 18.5. The van der Waals surface area contributed by atoms with Crippen molar-refractivity contribution in [1.82, 2.24) is 9.62 Å². The van der Waals surface area contributed by atoms with Gasteiger partial charge in [0.1, 0.15) is 16.5 Å². The molecule has 0 radical (unpaired) electrons. The van der Waals surface area contributed by atoms with Gasteiger partial charge in [0.25, 0.3) is 0 Å². The van der Waals surface area contributed by atoms with E-state index in [1.54, 1.807) is 6.07 Å². The maximum Gasteiger partial charge on any atom is 0.244 e. The first-order chi connectivity index (χ1) is 15.3. The smallest absolute Gasteiger partial charge is 0.244 e. The molecule has 2 atom stereocenters. The molecule has 2 amide bonds. The molecule has 2 fully saturated rings. The monoisotopic (exact) mass is 460 g/mol. The molecule has 0 unspecified atom stereocenters. The quantitative estimate of drug-likeness (QED) is 0.642. The van der Waals surface area contributed by atoms with Gasteiger partial charge in [-0.2, -0.15) is 0 Å². The summed E-state index contributed by atoms with van der Waals surface area (Å²) in [4.78, 5) is 26.7. The highest BCUT2D eigenvalue weighted by molar-refractivity contribution is 7.89. The van der Waals surface area contributed by atoms with Gasteiger partial charge in [-0.15, -0.1) is 0 Å². The number of ether oxygens (including phenoxy) is 1. The van der Waals surface area contributed by atoms with Crippen LogP contribution >= 0.6 is 0 Å². The molecule has 1 saturated carbocycles. The fraction of sp³-hybridized carbons (Fsp3) is 0.391. The first-order valence-corrected chi connectivity index (χ1v) is 12.0. The Labute approximate surface area is 186 Å². The molecular weight excluding hydrogens is 435 g/mol. The van der Waals surface area contributed by atoms with Crippen LogP contribution < -0.4 is 9.46 Å². The first-order valence-electron chi connectivity index (χ1n) is 10.6. The molecule has 170 valence electrons. The van der Waals surface area contributed by atoms with Gasteiger partial charge in [0.05, 0.1) is 25.5 Å². The third kappa shape index (κ3) is 4.40. The van der Waals surface area contributed by atoms with Gasteiger partial charge >= 0.3 is 0 Å². The van der Waals surface area contributed by atoms with Crippen molar-refractivity contribution in [3.05, 3.63) is 59.4 Å². The number of imide groups is 1. The zero-order chi connectivity index (χ0) is 22.9. The van der Waals surface area contributed by atoms with Crippen molar-refractivity contribution in [3.63, 3.8) is 0 Å². The summed E-state index contributed by atoms with van der Waals surface area (Å²) in [5.74, 6) is -1.11. The van der Waals surface area contributed by atoms with E-state index in [4.69, 9.17) is 4.74 Å². The second kappa shape index (κ2) is 8.99. The number of nitrogens with zero attached hydrogens (tertiary/aromatic N) is 1. The van der Waals surface area contributed by atoms with Crippen LogP contribution in [0, 0.1) is 17.7 Å². The Morgan fingerprint density at radius 2 is 1.59 bits per heavy atom. The van der Waals surface area contributed by atoms with Crippen LogP contribution in [0.4, 0.5) is 4.39 Å². The average Bonchev–Trinajstić information content (AvgIpc) is 3.04. The lowest BCUT2D eigenvalue weighted by molar-refractivity contribution is -0.140. The van der Waals surface area contributed by atoms with Gasteiger partial charge in [-0.1, -0.05) is 31.0 Å². The Morgan fingerprint density at radius 1 is 1.00 bits per heavy atom. The highest BCUT2D eigenvalue weighted by Gasteiger charge is 2.47. The van der Waals surface area contributed by atoms with Crippen molar-refractivity contribution in [2.24, 2.45) is 11.8 Å². The summed E-state index contributed by atoms with van der Waals surface area (Å²) in [6, 6.07) is 10.1. The van der Waals surface area contributed by atoms with E-state index in [0.29, 0.717) is 11.1 Å².